The molecule has 0 aliphatic rings. The number of hydrogen-bond donors (Lipinski definition) is 0. The molecule has 0 radical (unpaired) electrons. The average Bonchev–Trinajstić information content (AvgIpc) is 2.36. The van der Waals surface area contributed by atoms with Crippen LogP contribution in [0.5, 0.6) is 0 Å². The van der Waals surface area contributed by atoms with Crippen molar-refractivity contribution in [2.24, 2.45) is 0 Å². The second-order valence-electron chi connectivity index (χ2n) is 5.63. The Morgan fingerprint density at radius 2 is 1.79 bits per heavy atom. The van der Waals surface area contributed by atoms with Crippen molar-refractivity contribution < 1.29 is 0 Å². The summed E-state index contributed by atoms with van der Waals surface area (Å²) >= 11 is 0. The fraction of sp³-hybridized carbons (Fsp3) is 0.368. The van der Waals surface area contributed by atoms with Gasteiger partial charge in [0.25, 0.3) is 0 Å². The van der Waals surface area contributed by atoms with E-state index in [-0.39, 0.29) is 0 Å². The van der Waals surface area contributed by atoms with Crippen LogP contribution in [0.15, 0.2) is 53.6 Å². The van der Waals surface area contributed by atoms with Gasteiger partial charge in [-0.05, 0) is 64.2 Å². The molecule has 0 amide bonds. The van der Waals surface area contributed by atoms with Crippen molar-refractivity contribution in [3.05, 3.63) is 70.3 Å². The molecule has 0 saturated carbocycles. The molecule has 0 N–H and O–H groups in total. The van der Waals surface area contributed by atoms with Crippen molar-refractivity contribution in [2.75, 3.05) is 0 Å². The maximum absolute atomic E-state index is 4.20. The molecule has 0 saturated heterocycles. The van der Waals surface area contributed by atoms with Crippen LogP contribution in [0, 0.1) is 13.8 Å². The molecule has 102 valence electrons. The van der Waals surface area contributed by atoms with E-state index in [1.54, 1.807) is 0 Å². The van der Waals surface area contributed by atoms with E-state index in [0.717, 1.165) is 12.8 Å². The van der Waals surface area contributed by atoms with Gasteiger partial charge in [-0.15, -0.1) is 0 Å². The highest BCUT2D eigenvalue weighted by Crippen LogP contribution is 2.18. The molecule has 0 nitrogen and oxygen atoms in total. The minimum atomic E-state index is 1.03. The SMILES string of the molecule is C=C(CCc1cc(C)ccc1C)C(C)=CC=C(C)C. The molecule has 0 spiro atoms. The van der Waals surface area contributed by atoms with Crippen LogP contribution in [0.3, 0.4) is 0 Å². The van der Waals surface area contributed by atoms with Crippen molar-refractivity contribution in [2.45, 2.75) is 47.5 Å². The van der Waals surface area contributed by atoms with Crippen LogP contribution in [-0.4, -0.2) is 0 Å². The lowest BCUT2D eigenvalue weighted by Crippen LogP contribution is -1.93. The first-order valence-electron chi connectivity index (χ1n) is 6.96. The number of benzene rings is 1. The zero-order chi connectivity index (χ0) is 14.4. The van der Waals surface area contributed by atoms with Crippen molar-refractivity contribution in [1.29, 1.82) is 0 Å². The summed E-state index contributed by atoms with van der Waals surface area (Å²) in [5, 5.41) is 0. The highest BCUT2D eigenvalue weighted by Gasteiger charge is 2.02. The van der Waals surface area contributed by atoms with Crippen molar-refractivity contribution in [3.63, 3.8) is 0 Å². The van der Waals surface area contributed by atoms with E-state index in [0.29, 0.717) is 0 Å². The predicted molar refractivity (Wildman–Crippen MR) is 86.6 cm³/mol. The summed E-state index contributed by atoms with van der Waals surface area (Å²) in [7, 11) is 0. The summed E-state index contributed by atoms with van der Waals surface area (Å²) in [5.41, 5.74) is 8.00. The first-order chi connectivity index (χ1) is 8.90. The second kappa shape index (κ2) is 7.13. The van der Waals surface area contributed by atoms with E-state index in [4.69, 9.17) is 0 Å². The fourth-order valence-electron chi connectivity index (χ4n) is 1.96. The maximum Gasteiger partial charge on any atom is -0.0236 e. The van der Waals surface area contributed by atoms with E-state index >= 15 is 0 Å². The minimum absolute atomic E-state index is 1.03. The molecule has 0 heteroatoms. The number of hydrogen-bond acceptors (Lipinski definition) is 0. The highest BCUT2D eigenvalue weighted by atomic mass is 14.1. The van der Waals surface area contributed by atoms with Gasteiger partial charge in [-0.2, -0.15) is 0 Å². The molecule has 0 bridgehead atoms. The Hall–Kier alpha value is -1.56. The third-order valence-electron chi connectivity index (χ3n) is 3.43. The predicted octanol–water partition coefficient (Wildman–Crippen LogP) is 5.70. The lowest BCUT2D eigenvalue weighted by Gasteiger charge is -2.09. The summed E-state index contributed by atoms with van der Waals surface area (Å²) in [6.07, 6.45) is 6.43. The molecule has 0 atom stereocenters. The summed E-state index contributed by atoms with van der Waals surface area (Å²) in [4.78, 5) is 0. The van der Waals surface area contributed by atoms with Crippen LogP contribution < -0.4 is 0 Å². The summed E-state index contributed by atoms with van der Waals surface area (Å²) in [6, 6.07) is 6.67. The van der Waals surface area contributed by atoms with Crippen LogP contribution in [0.25, 0.3) is 0 Å². The van der Waals surface area contributed by atoms with Crippen LogP contribution >= 0.6 is 0 Å². The Labute approximate surface area is 118 Å². The summed E-state index contributed by atoms with van der Waals surface area (Å²) in [5.74, 6) is 0. The molecule has 0 heterocycles. The lowest BCUT2D eigenvalue weighted by molar-refractivity contribution is 0.939. The topological polar surface area (TPSA) is 0 Å². The average molecular weight is 254 g/mol. The van der Waals surface area contributed by atoms with E-state index in [9.17, 15) is 0 Å². The molecular formula is C19H26. The molecule has 0 aliphatic heterocycles. The Morgan fingerprint density at radius 3 is 2.42 bits per heavy atom. The van der Waals surface area contributed by atoms with Gasteiger partial charge in [-0.1, -0.05) is 53.6 Å². The fourth-order valence-corrected chi connectivity index (χ4v) is 1.96. The van der Waals surface area contributed by atoms with Gasteiger partial charge in [0.2, 0.25) is 0 Å². The normalized spacial score (nSPS) is 11.3. The Morgan fingerprint density at radius 1 is 1.11 bits per heavy atom. The van der Waals surface area contributed by atoms with Gasteiger partial charge in [0.1, 0.15) is 0 Å². The number of rotatable bonds is 5. The van der Waals surface area contributed by atoms with Crippen LogP contribution in [0.2, 0.25) is 0 Å². The third-order valence-corrected chi connectivity index (χ3v) is 3.43. The van der Waals surface area contributed by atoms with E-state index < -0.39 is 0 Å². The molecule has 1 rings (SSSR count). The number of allylic oxidation sites excluding steroid dienone is 5. The zero-order valence-electron chi connectivity index (χ0n) is 13.0. The largest absolute Gasteiger partial charge is 0.0956 e. The van der Waals surface area contributed by atoms with Crippen molar-refractivity contribution >= 4 is 0 Å². The van der Waals surface area contributed by atoms with Gasteiger partial charge in [0.05, 0.1) is 0 Å². The monoisotopic (exact) mass is 254 g/mol. The van der Waals surface area contributed by atoms with Crippen molar-refractivity contribution in [1.82, 2.24) is 0 Å². The number of aryl methyl sites for hydroxylation is 3. The van der Waals surface area contributed by atoms with Crippen LogP contribution in [0.4, 0.5) is 0 Å². The van der Waals surface area contributed by atoms with E-state index in [2.05, 4.69) is 71.5 Å². The molecule has 0 aromatic heterocycles. The molecule has 19 heavy (non-hydrogen) atoms. The molecule has 1 aromatic carbocycles. The smallest absolute Gasteiger partial charge is 0.0236 e. The Balaban J connectivity index is 2.66. The molecule has 0 unspecified atom stereocenters. The Bertz CT molecular complexity index is 509. The quantitative estimate of drug-likeness (QED) is 0.591. The maximum atomic E-state index is 4.20. The van der Waals surface area contributed by atoms with Gasteiger partial charge in [-0.25, -0.2) is 0 Å². The van der Waals surface area contributed by atoms with E-state index in [1.165, 1.54) is 33.4 Å². The van der Waals surface area contributed by atoms with Crippen molar-refractivity contribution in [3.8, 4) is 0 Å². The highest BCUT2D eigenvalue weighted by molar-refractivity contribution is 5.34. The molecule has 1 aromatic rings. The lowest BCUT2D eigenvalue weighted by atomic mass is 9.96. The minimum Gasteiger partial charge on any atom is -0.0956 e. The second-order valence-corrected chi connectivity index (χ2v) is 5.63. The van der Waals surface area contributed by atoms with E-state index in [1.807, 2.05) is 0 Å². The van der Waals surface area contributed by atoms with Gasteiger partial charge in [-0.3, -0.25) is 0 Å². The standard InChI is InChI=1S/C19H26/c1-14(2)7-9-16(4)17(5)11-12-19-13-15(3)8-10-18(19)6/h7-10,13H,5,11-12H2,1-4,6H3. The first kappa shape index (κ1) is 15.5. The summed E-state index contributed by atoms with van der Waals surface area (Å²) < 4.78 is 0. The molecular weight excluding hydrogens is 228 g/mol. The van der Waals surface area contributed by atoms with Gasteiger partial charge >= 0.3 is 0 Å². The zero-order valence-corrected chi connectivity index (χ0v) is 13.0. The molecule has 0 fully saturated rings. The van der Waals surface area contributed by atoms with Gasteiger partial charge < -0.3 is 0 Å². The molecule has 0 aliphatic carbocycles. The van der Waals surface area contributed by atoms with Gasteiger partial charge in [0, 0.05) is 0 Å². The Kier molecular flexibility index (Phi) is 5.82. The third kappa shape index (κ3) is 5.30. The van der Waals surface area contributed by atoms with Gasteiger partial charge in [0.15, 0.2) is 0 Å². The summed E-state index contributed by atoms with van der Waals surface area (Å²) in [6.45, 7) is 14.9. The van der Waals surface area contributed by atoms with Crippen LogP contribution in [-0.2, 0) is 6.42 Å². The van der Waals surface area contributed by atoms with Crippen LogP contribution in [0.1, 0.15) is 43.9 Å². The first-order valence-corrected chi connectivity index (χ1v) is 6.96.